The van der Waals surface area contributed by atoms with E-state index in [2.05, 4.69) is 15.5 Å². The van der Waals surface area contributed by atoms with Crippen molar-refractivity contribution in [3.63, 3.8) is 0 Å². The molecule has 0 bridgehead atoms. The summed E-state index contributed by atoms with van der Waals surface area (Å²) in [7, 11) is 1.53. The summed E-state index contributed by atoms with van der Waals surface area (Å²) in [5.74, 6) is 0.126. The van der Waals surface area contributed by atoms with Crippen molar-refractivity contribution in [3.8, 4) is 11.1 Å². The van der Waals surface area contributed by atoms with Crippen LogP contribution in [0.2, 0.25) is 5.02 Å². The minimum absolute atomic E-state index is 0.0580. The Morgan fingerprint density at radius 1 is 1.28 bits per heavy atom. The Kier molecular flexibility index (Phi) is 4.97. The lowest BCUT2D eigenvalue weighted by molar-refractivity contribution is 0.0987. The maximum absolute atomic E-state index is 12.2. The van der Waals surface area contributed by atoms with Crippen LogP contribution < -0.4 is 11.1 Å². The highest BCUT2D eigenvalue weighted by molar-refractivity contribution is 6.33. The van der Waals surface area contributed by atoms with Gasteiger partial charge in [0.1, 0.15) is 17.3 Å². The third-order valence-electron chi connectivity index (χ3n) is 3.41. The fourth-order valence-corrected chi connectivity index (χ4v) is 2.50. The number of aromatic nitrogens is 2. The van der Waals surface area contributed by atoms with Crippen molar-refractivity contribution in [2.24, 2.45) is 0 Å². The first-order chi connectivity index (χ1) is 12.1. The second kappa shape index (κ2) is 7.33. The largest absolute Gasteiger partial charge is 0.383 e. The van der Waals surface area contributed by atoms with E-state index < -0.39 is 5.91 Å². The molecule has 3 aromatic rings. The van der Waals surface area contributed by atoms with Gasteiger partial charge in [-0.15, -0.1) is 0 Å². The second-order valence-corrected chi connectivity index (χ2v) is 5.59. The Morgan fingerprint density at radius 2 is 2.08 bits per heavy atom. The number of hydrogen-bond donors (Lipinski definition) is 2. The molecule has 0 aliphatic heterocycles. The maximum Gasteiger partial charge on any atom is 0.295 e. The number of hydrogen-bond acceptors (Lipinski definition) is 6. The summed E-state index contributed by atoms with van der Waals surface area (Å²) in [4.78, 5) is 16.4. The van der Waals surface area contributed by atoms with Gasteiger partial charge in [-0.05, 0) is 18.2 Å². The van der Waals surface area contributed by atoms with E-state index in [-0.39, 0.29) is 18.2 Å². The summed E-state index contributed by atoms with van der Waals surface area (Å²) in [5.41, 5.74) is 7.99. The number of nitrogens with two attached hydrogens (primary N) is 1. The summed E-state index contributed by atoms with van der Waals surface area (Å²) in [6.45, 7) is 0.258. The Bertz CT molecular complexity index is 910. The van der Waals surface area contributed by atoms with Gasteiger partial charge in [-0.1, -0.05) is 35.0 Å². The predicted molar refractivity (Wildman–Crippen MR) is 94.3 cm³/mol. The van der Waals surface area contributed by atoms with E-state index >= 15 is 0 Å². The molecule has 8 heteroatoms. The fraction of sp³-hybridized carbons (Fsp3) is 0.118. The number of benzene rings is 1. The quantitative estimate of drug-likeness (QED) is 0.724. The molecule has 0 saturated carbocycles. The number of ether oxygens (including phenoxy) is 1. The normalized spacial score (nSPS) is 10.6. The van der Waals surface area contributed by atoms with Crippen LogP contribution in [-0.2, 0) is 11.3 Å². The molecule has 0 radical (unpaired) electrons. The third-order valence-corrected chi connectivity index (χ3v) is 3.73. The first-order valence-corrected chi connectivity index (χ1v) is 7.73. The third kappa shape index (κ3) is 3.78. The Labute approximate surface area is 148 Å². The van der Waals surface area contributed by atoms with Gasteiger partial charge < -0.3 is 20.3 Å². The van der Waals surface area contributed by atoms with Crippen molar-refractivity contribution in [3.05, 3.63) is 58.9 Å². The minimum atomic E-state index is -0.479. The van der Waals surface area contributed by atoms with E-state index in [1.165, 1.54) is 13.2 Å². The molecule has 0 spiro atoms. The molecule has 7 nitrogen and oxygen atoms in total. The number of rotatable bonds is 5. The molecule has 1 aromatic carbocycles. The van der Waals surface area contributed by atoms with Crippen LogP contribution in [0.4, 0.5) is 11.6 Å². The predicted octanol–water partition coefficient (Wildman–Crippen LogP) is 3.37. The number of nitrogens with zero attached hydrogens (tertiary/aromatic N) is 2. The van der Waals surface area contributed by atoms with Gasteiger partial charge in [-0.25, -0.2) is 4.98 Å². The van der Waals surface area contributed by atoms with Crippen molar-refractivity contribution >= 4 is 29.1 Å². The second-order valence-electron chi connectivity index (χ2n) is 5.18. The summed E-state index contributed by atoms with van der Waals surface area (Å²) in [6.07, 6.45) is 0. The molecule has 2 aromatic heterocycles. The van der Waals surface area contributed by atoms with Crippen molar-refractivity contribution in [1.29, 1.82) is 0 Å². The average Bonchev–Trinajstić information content (AvgIpc) is 3.05. The number of methoxy groups -OCH3 is 1. The minimum Gasteiger partial charge on any atom is -0.383 e. The SMILES string of the molecule is COCc1cc(C(=O)Nc2ccc(-c3ccccc3Cl)c(N)n2)on1. The van der Waals surface area contributed by atoms with E-state index in [0.29, 0.717) is 22.1 Å². The zero-order chi connectivity index (χ0) is 17.8. The summed E-state index contributed by atoms with van der Waals surface area (Å²) < 4.78 is 9.90. The van der Waals surface area contributed by atoms with Gasteiger partial charge in [0.2, 0.25) is 5.76 Å². The van der Waals surface area contributed by atoms with Crippen molar-refractivity contribution in [1.82, 2.24) is 10.1 Å². The lowest BCUT2D eigenvalue weighted by Gasteiger charge is -2.09. The first-order valence-electron chi connectivity index (χ1n) is 7.36. The van der Waals surface area contributed by atoms with Crippen molar-refractivity contribution in [2.45, 2.75) is 6.61 Å². The number of pyridine rings is 1. The summed E-state index contributed by atoms with van der Waals surface area (Å²) >= 11 is 6.18. The number of carbonyl (C=O) groups excluding carboxylic acids is 1. The van der Waals surface area contributed by atoms with Crippen molar-refractivity contribution in [2.75, 3.05) is 18.2 Å². The standard InChI is InChI=1S/C17H15ClN4O3/c1-24-9-10-8-14(25-22-10)17(23)21-15-7-6-12(16(19)20-15)11-4-2-3-5-13(11)18/h2-8H,9H2,1H3,(H3,19,20,21,23). The van der Waals surface area contributed by atoms with E-state index in [1.807, 2.05) is 18.2 Å². The van der Waals surface area contributed by atoms with Crippen LogP contribution in [-0.4, -0.2) is 23.2 Å². The fourth-order valence-electron chi connectivity index (χ4n) is 2.26. The van der Waals surface area contributed by atoms with Crippen LogP contribution in [0.25, 0.3) is 11.1 Å². The number of anilines is 2. The molecule has 128 valence electrons. The molecule has 3 N–H and O–H groups in total. The molecule has 2 heterocycles. The van der Waals surface area contributed by atoms with Crippen LogP contribution >= 0.6 is 11.6 Å². The molecule has 25 heavy (non-hydrogen) atoms. The van der Waals surface area contributed by atoms with Gasteiger partial charge in [0.15, 0.2) is 0 Å². The molecule has 0 atom stereocenters. The van der Waals surface area contributed by atoms with E-state index in [0.717, 1.165) is 5.56 Å². The number of nitrogen functional groups attached to an aromatic ring is 1. The van der Waals surface area contributed by atoms with Crippen LogP contribution in [0.1, 0.15) is 16.2 Å². The highest BCUT2D eigenvalue weighted by Crippen LogP contribution is 2.31. The van der Waals surface area contributed by atoms with Crippen LogP contribution in [0, 0.1) is 0 Å². The summed E-state index contributed by atoms with van der Waals surface area (Å²) in [5, 5.41) is 6.91. The van der Waals surface area contributed by atoms with E-state index in [9.17, 15) is 4.79 Å². The number of nitrogens with one attached hydrogen (secondary N) is 1. The Balaban J connectivity index is 1.78. The molecule has 1 amide bonds. The van der Waals surface area contributed by atoms with E-state index in [1.54, 1.807) is 18.2 Å². The summed E-state index contributed by atoms with van der Waals surface area (Å²) in [6, 6.07) is 12.2. The van der Waals surface area contributed by atoms with E-state index in [4.69, 9.17) is 26.6 Å². The Morgan fingerprint density at radius 3 is 2.80 bits per heavy atom. The lowest BCUT2D eigenvalue weighted by atomic mass is 10.1. The maximum atomic E-state index is 12.2. The monoisotopic (exact) mass is 358 g/mol. The highest BCUT2D eigenvalue weighted by atomic mass is 35.5. The van der Waals surface area contributed by atoms with Gasteiger partial charge in [0.25, 0.3) is 5.91 Å². The molecule has 0 aliphatic rings. The highest BCUT2D eigenvalue weighted by Gasteiger charge is 2.15. The van der Waals surface area contributed by atoms with Crippen LogP contribution in [0.3, 0.4) is 0 Å². The first kappa shape index (κ1) is 16.9. The van der Waals surface area contributed by atoms with Gasteiger partial charge in [-0.2, -0.15) is 0 Å². The van der Waals surface area contributed by atoms with Gasteiger partial charge in [-0.3, -0.25) is 4.79 Å². The zero-order valence-corrected chi connectivity index (χ0v) is 14.1. The van der Waals surface area contributed by atoms with Crippen LogP contribution in [0.5, 0.6) is 0 Å². The zero-order valence-electron chi connectivity index (χ0n) is 13.3. The van der Waals surface area contributed by atoms with Crippen molar-refractivity contribution < 1.29 is 14.1 Å². The molecule has 0 fully saturated rings. The topological polar surface area (TPSA) is 103 Å². The molecule has 0 saturated heterocycles. The van der Waals surface area contributed by atoms with Gasteiger partial charge in [0, 0.05) is 29.3 Å². The van der Waals surface area contributed by atoms with Gasteiger partial charge in [0.05, 0.1) is 6.61 Å². The number of halogens is 1. The average molecular weight is 359 g/mol. The smallest absolute Gasteiger partial charge is 0.295 e. The lowest BCUT2D eigenvalue weighted by Crippen LogP contribution is -2.12. The van der Waals surface area contributed by atoms with Gasteiger partial charge >= 0.3 is 0 Å². The molecular formula is C17H15ClN4O3. The molecular weight excluding hydrogens is 344 g/mol. The molecule has 0 aliphatic carbocycles. The van der Waals surface area contributed by atoms with Crippen LogP contribution in [0.15, 0.2) is 47.0 Å². The Hall–Kier alpha value is -2.90. The number of amides is 1. The molecule has 0 unspecified atom stereocenters. The molecule has 3 rings (SSSR count). The number of carbonyl (C=O) groups is 1.